The van der Waals surface area contributed by atoms with Gasteiger partial charge in [0.15, 0.2) is 0 Å². The summed E-state index contributed by atoms with van der Waals surface area (Å²) in [5.74, 6) is 1.26. The number of hydrogen-bond acceptors (Lipinski definition) is 6. The van der Waals surface area contributed by atoms with Gasteiger partial charge in [-0.1, -0.05) is 6.92 Å². The van der Waals surface area contributed by atoms with Crippen molar-refractivity contribution in [3.63, 3.8) is 0 Å². The fourth-order valence-electron chi connectivity index (χ4n) is 1.66. The first-order valence-corrected chi connectivity index (χ1v) is 7.20. The first kappa shape index (κ1) is 14.0. The smallest absolute Gasteiger partial charge is 0.227 e. The normalized spacial score (nSPS) is 10.9. The third kappa shape index (κ3) is 3.54. The lowest BCUT2D eigenvalue weighted by Gasteiger charge is -2.08. The predicted octanol–water partition coefficient (Wildman–Crippen LogP) is 2.85. The van der Waals surface area contributed by atoms with E-state index in [4.69, 9.17) is 9.47 Å². The van der Waals surface area contributed by atoms with E-state index in [0.29, 0.717) is 25.0 Å². The number of methoxy groups -OCH3 is 1. The van der Waals surface area contributed by atoms with Crippen LogP contribution >= 0.6 is 11.3 Å². The molecule has 0 aliphatic rings. The summed E-state index contributed by atoms with van der Waals surface area (Å²) in [6, 6.07) is 2.06. The lowest BCUT2D eigenvalue weighted by molar-refractivity contribution is 0.144. The number of anilines is 1. The molecule has 2 heterocycles. The molecule has 2 rings (SSSR count). The van der Waals surface area contributed by atoms with Crippen molar-refractivity contribution in [3.05, 3.63) is 10.9 Å². The highest BCUT2D eigenvalue weighted by atomic mass is 32.1. The Morgan fingerprint density at radius 3 is 2.89 bits per heavy atom. The molecule has 0 bridgehead atoms. The van der Waals surface area contributed by atoms with Crippen molar-refractivity contribution < 1.29 is 9.47 Å². The Bertz CT molecular complexity index is 542. The van der Waals surface area contributed by atoms with Gasteiger partial charge in [0.05, 0.1) is 12.0 Å². The topological polar surface area (TPSA) is 56.3 Å². The Labute approximate surface area is 117 Å². The van der Waals surface area contributed by atoms with Gasteiger partial charge in [0.1, 0.15) is 11.4 Å². The van der Waals surface area contributed by atoms with E-state index < -0.39 is 0 Å². The molecule has 1 N–H and O–H groups in total. The number of thiophene rings is 1. The molecule has 0 saturated heterocycles. The zero-order valence-electron chi connectivity index (χ0n) is 11.5. The minimum atomic E-state index is 0.491. The van der Waals surface area contributed by atoms with Crippen molar-refractivity contribution in [2.24, 2.45) is 0 Å². The van der Waals surface area contributed by atoms with Crippen LogP contribution in [0.2, 0.25) is 0 Å². The van der Waals surface area contributed by atoms with Gasteiger partial charge in [0.25, 0.3) is 0 Å². The number of fused-ring (bicyclic) bond motifs is 1. The van der Waals surface area contributed by atoms with E-state index in [9.17, 15) is 0 Å². The van der Waals surface area contributed by atoms with E-state index in [-0.39, 0.29) is 0 Å². The fraction of sp³-hybridized carbons (Fsp3) is 0.538. The van der Waals surface area contributed by atoms with Gasteiger partial charge in [-0.25, -0.2) is 4.98 Å². The SMILES string of the molecule is CCCNc1nc(OCCOC)c2cc(C)sc2n1. The highest BCUT2D eigenvalue weighted by Crippen LogP contribution is 2.30. The van der Waals surface area contributed by atoms with Crippen LogP contribution in [-0.4, -0.2) is 36.8 Å². The fourth-order valence-corrected chi connectivity index (χ4v) is 2.53. The van der Waals surface area contributed by atoms with Gasteiger partial charge in [-0.3, -0.25) is 0 Å². The maximum atomic E-state index is 5.68. The second-order valence-electron chi connectivity index (χ2n) is 4.20. The van der Waals surface area contributed by atoms with Gasteiger partial charge in [0, 0.05) is 18.5 Å². The van der Waals surface area contributed by atoms with Crippen molar-refractivity contribution in [1.82, 2.24) is 9.97 Å². The van der Waals surface area contributed by atoms with Gasteiger partial charge in [0.2, 0.25) is 11.8 Å². The molecule has 0 amide bonds. The molecule has 2 aromatic rings. The molecule has 6 heteroatoms. The summed E-state index contributed by atoms with van der Waals surface area (Å²) in [7, 11) is 1.65. The summed E-state index contributed by atoms with van der Waals surface area (Å²) in [5, 5.41) is 4.17. The molecule has 0 atom stereocenters. The molecule has 104 valence electrons. The molecule has 0 saturated carbocycles. The largest absolute Gasteiger partial charge is 0.475 e. The molecule has 0 unspecified atom stereocenters. The molecular formula is C13H19N3O2S. The molecule has 0 aromatic carbocycles. The van der Waals surface area contributed by atoms with E-state index >= 15 is 0 Å². The zero-order chi connectivity index (χ0) is 13.7. The summed E-state index contributed by atoms with van der Waals surface area (Å²) in [6.45, 7) is 6.06. The van der Waals surface area contributed by atoms with Crippen LogP contribution in [0.5, 0.6) is 5.88 Å². The van der Waals surface area contributed by atoms with E-state index in [1.54, 1.807) is 18.4 Å². The minimum Gasteiger partial charge on any atom is -0.475 e. The monoisotopic (exact) mass is 281 g/mol. The number of nitrogens with one attached hydrogen (secondary N) is 1. The van der Waals surface area contributed by atoms with Gasteiger partial charge in [-0.2, -0.15) is 4.98 Å². The van der Waals surface area contributed by atoms with Crippen LogP contribution in [0.3, 0.4) is 0 Å². The van der Waals surface area contributed by atoms with Crippen LogP contribution < -0.4 is 10.1 Å². The molecule has 0 aliphatic heterocycles. The summed E-state index contributed by atoms with van der Waals surface area (Å²) in [4.78, 5) is 11.1. The summed E-state index contributed by atoms with van der Waals surface area (Å²) >= 11 is 1.65. The van der Waals surface area contributed by atoms with E-state index in [2.05, 4.69) is 35.2 Å². The number of aromatic nitrogens is 2. The number of hydrogen-bond donors (Lipinski definition) is 1. The number of nitrogens with zero attached hydrogens (tertiary/aromatic N) is 2. The van der Waals surface area contributed by atoms with Crippen molar-refractivity contribution in [3.8, 4) is 5.88 Å². The Kier molecular flexibility index (Phi) is 4.93. The van der Waals surface area contributed by atoms with Crippen molar-refractivity contribution in [2.45, 2.75) is 20.3 Å². The van der Waals surface area contributed by atoms with E-state index in [0.717, 1.165) is 23.2 Å². The zero-order valence-corrected chi connectivity index (χ0v) is 12.3. The van der Waals surface area contributed by atoms with E-state index in [1.165, 1.54) is 4.88 Å². The van der Waals surface area contributed by atoms with Gasteiger partial charge in [-0.05, 0) is 19.4 Å². The van der Waals surface area contributed by atoms with Crippen LogP contribution in [0.15, 0.2) is 6.07 Å². The Morgan fingerprint density at radius 2 is 2.16 bits per heavy atom. The maximum absolute atomic E-state index is 5.68. The standard InChI is InChI=1S/C13H19N3O2S/c1-4-5-14-13-15-11(18-7-6-17-3)10-8-9(2)19-12(10)16-13/h8H,4-7H2,1-3H3,(H,14,15,16). The quantitative estimate of drug-likeness (QED) is 0.791. The highest BCUT2D eigenvalue weighted by molar-refractivity contribution is 7.18. The summed E-state index contributed by atoms with van der Waals surface area (Å²) < 4.78 is 10.7. The molecule has 0 aliphatic carbocycles. The Hall–Kier alpha value is -1.40. The van der Waals surface area contributed by atoms with Crippen LogP contribution in [0.4, 0.5) is 5.95 Å². The summed E-state index contributed by atoms with van der Waals surface area (Å²) in [6.07, 6.45) is 1.03. The minimum absolute atomic E-state index is 0.491. The second-order valence-corrected chi connectivity index (χ2v) is 5.43. The number of rotatable bonds is 7. The molecule has 0 fully saturated rings. The Balaban J connectivity index is 2.28. The van der Waals surface area contributed by atoms with E-state index in [1.807, 2.05) is 0 Å². The molecule has 5 nitrogen and oxygen atoms in total. The van der Waals surface area contributed by atoms with Gasteiger partial charge >= 0.3 is 0 Å². The van der Waals surface area contributed by atoms with Crippen molar-refractivity contribution in [1.29, 1.82) is 0 Å². The average Bonchev–Trinajstić information content (AvgIpc) is 2.77. The first-order chi connectivity index (χ1) is 9.24. The first-order valence-electron chi connectivity index (χ1n) is 6.38. The van der Waals surface area contributed by atoms with Crippen molar-refractivity contribution >= 4 is 27.5 Å². The van der Waals surface area contributed by atoms with Crippen LogP contribution in [0.25, 0.3) is 10.2 Å². The van der Waals surface area contributed by atoms with Gasteiger partial charge < -0.3 is 14.8 Å². The lowest BCUT2D eigenvalue weighted by Crippen LogP contribution is -2.08. The molecular weight excluding hydrogens is 262 g/mol. The van der Waals surface area contributed by atoms with Crippen molar-refractivity contribution in [2.75, 3.05) is 32.2 Å². The second kappa shape index (κ2) is 6.68. The molecule has 19 heavy (non-hydrogen) atoms. The average molecular weight is 281 g/mol. The molecule has 0 radical (unpaired) electrons. The predicted molar refractivity (Wildman–Crippen MR) is 78.3 cm³/mol. The highest BCUT2D eigenvalue weighted by Gasteiger charge is 2.11. The van der Waals surface area contributed by atoms with Crippen LogP contribution in [0.1, 0.15) is 18.2 Å². The lowest BCUT2D eigenvalue weighted by atomic mass is 10.3. The van der Waals surface area contributed by atoms with Gasteiger partial charge in [-0.15, -0.1) is 11.3 Å². The van der Waals surface area contributed by atoms with Crippen LogP contribution in [-0.2, 0) is 4.74 Å². The number of aryl methyl sites for hydroxylation is 1. The Morgan fingerprint density at radius 1 is 1.32 bits per heavy atom. The number of ether oxygens (including phenoxy) is 2. The third-order valence-corrected chi connectivity index (χ3v) is 3.48. The third-order valence-electron chi connectivity index (χ3n) is 2.54. The molecule has 2 aromatic heterocycles. The summed E-state index contributed by atoms with van der Waals surface area (Å²) in [5.41, 5.74) is 0. The van der Waals surface area contributed by atoms with Crippen LogP contribution in [0, 0.1) is 6.92 Å². The molecule has 0 spiro atoms. The maximum Gasteiger partial charge on any atom is 0.227 e.